The molecule has 19 heavy (non-hydrogen) atoms. The highest BCUT2D eigenvalue weighted by Crippen LogP contribution is 2.15. The van der Waals surface area contributed by atoms with Gasteiger partial charge in [0.15, 0.2) is 0 Å². The van der Waals surface area contributed by atoms with Crippen molar-refractivity contribution < 1.29 is 4.92 Å². The van der Waals surface area contributed by atoms with Crippen molar-refractivity contribution >= 4 is 11.5 Å². The summed E-state index contributed by atoms with van der Waals surface area (Å²) >= 11 is 0. The van der Waals surface area contributed by atoms with Gasteiger partial charge < -0.3 is 11.1 Å². The average molecular weight is 258 g/mol. The minimum Gasteiger partial charge on any atom is -0.366 e. The van der Waals surface area contributed by atoms with Gasteiger partial charge in [0.1, 0.15) is 5.82 Å². The Bertz CT molecular complexity index is 569. The normalized spacial score (nSPS) is 10.2. The van der Waals surface area contributed by atoms with E-state index in [1.807, 2.05) is 24.3 Å². The number of hydrogen-bond donors (Lipinski definition) is 2. The number of hydrogen-bond acceptors (Lipinski definition) is 5. The lowest BCUT2D eigenvalue weighted by atomic mass is 10.1. The molecule has 0 fully saturated rings. The van der Waals surface area contributed by atoms with Crippen molar-refractivity contribution in [1.29, 1.82) is 0 Å². The van der Waals surface area contributed by atoms with E-state index in [0.29, 0.717) is 18.9 Å². The molecular formula is C13H14N4O2. The maximum atomic E-state index is 10.6. The number of rotatable bonds is 5. The molecule has 0 saturated carbocycles. The highest BCUT2D eigenvalue weighted by Gasteiger charge is 2.06. The molecule has 0 atom stereocenters. The predicted octanol–water partition coefficient (Wildman–Crippen LogP) is 2.06. The molecule has 0 aliphatic heterocycles. The highest BCUT2D eigenvalue weighted by atomic mass is 16.6. The van der Waals surface area contributed by atoms with Crippen LogP contribution in [0.1, 0.15) is 11.1 Å². The Hall–Kier alpha value is -2.47. The monoisotopic (exact) mass is 258 g/mol. The summed E-state index contributed by atoms with van der Waals surface area (Å²) in [5, 5.41) is 13.7. The predicted molar refractivity (Wildman–Crippen MR) is 72.6 cm³/mol. The topological polar surface area (TPSA) is 94.1 Å². The van der Waals surface area contributed by atoms with Gasteiger partial charge in [-0.3, -0.25) is 10.1 Å². The lowest BCUT2D eigenvalue weighted by Gasteiger charge is -2.06. The first-order chi connectivity index (χ1) is 9.19. The smallest absolute Gasteiger partial charge is 0.274 e. The summed E-state index contributed by atoms with van der Waals surface area (Å²) in [5.41, 5.74) is 7.67. The van der Waals surface area contributed by atoms with Crippen LogP contribution in [-0.4, -0.2) is 9.91 Å². The molecule has 0 aliphatic rings. The maximum Gasteiger partial charge on any atom is 0.274 e. The summed E-state index contributed by atoms with van der Waals surface area (Å²) in [6.07, 6.45) is 1.41. The van der Waals surface area contributed by atoms with Crippen molar-refractivity contribution in [1.82, 2.24) is 4.98 Å². The Morgan fingerprint density at radius 3 is 2.53 bits per heavy atom. The summed E-state index contributed by atoms with van der Waals surface area (Å²) < 4.78 is 0. The van der Waals surface area contributed by atoms with Gasteiger partial charge in [0.25, 0.3) is 5.69 Å². The van der Waals surface area contributed by atoms with E-state index >= 15 is 0 Å². The molecule has 2 rings (SSSR count). The van der Waals surface area contributed by atoms with Crippen LogP contribution in [0.4, 0.5) is 11.5 Å². The number of nitrogens with one attached hydrogen (secondary N) is 1. The molecule has 0 radical (unpaired) electrons. The summed E-state index contributed by atoms with van der Waals surface area (Å²) in [5.74, 6) is 0.483. The molecule has 1 aromatic heterocycles. The second-order valence-corrected chi connectivity index (χ2v) is 4.03. The Morgan fingerprint density at radius 1 is 1.21 bits per heavy atom. The summed E-state index contributed by atoms with van der Waals surface area (Å²) in [6, 6.07) is 10.6. The number of nitro groups is 1. The molecule has 0 amide bonds. The SMILES string of the molecule is NCc1ccc(CNc2cc([N+](=O)[O-])ccn2)cc1. The van der Waals surface area contributed by atoms with Crippen molar-refractivity contribution in [3.05, 3.63) is 63.8 Å². The number of anilines is 1. The number of aromatic nitrogens is 1. The molecule has 2 aromatic rings. The average Bonchev–Trinajstić information content (AvgIpc) is 2.46. The molecule has 6 nitrogen and oxygen atoms in total. The Labute approximate surface area is 110 Å². The van der Waals surface area contributed by atoms with E-state index in [1.165, 1.54) is 18.3 Å². The molecule has 1 heterocycles. The quantitative estimate of drug-likeness (QED) is 0.632. The van der Waals surface area contributed by atoms with Gasteiger partial charge in [-0.25, -0.2) is 4.98 Å². The number of nitrogens with zero attached hydrogens (tertiary/aromatic N) is 2. The van der Waals surface area contributed by atoms with Gasteiger partial charge >= 0.3 is 0 Å². The van der Waals surface area contributed by atoms with Gasteiger partial charge in [-0.15, -0.1) is 0 Å². The highest BCUT2D eigenvalue weighted by molar-refractivity contribution is 5.44. The van der Waals surface area contributed by atoms with E-state index in [9.17, 15) is 10.1 Å². The minimum atomic E-state index is -0.442. The molecule has 1 aromatic carbocycles. The first kappa shape index (κ1) is 13.0. The molecular weight excluding hydrogens is 244 g/mol. The fourth-order valence-corrected chi connectivity index (χ4v) is 1.62. The summed E-state index contributed by atoms with van der Waals surface area (Å²) in [6.45, 7) is 1.07. The lowest BCUT2D eigenvalue weighted by molar-refractivity contribution is -0.384. The largest absolute Gasteiger partial charge is 0.366 e. The van der Waals surface area contributed by atoms with Crippen LogP contribution in [0, 0.1) is 10.1 Å². The summed E-state index contributed by atoms with van der Waals surface area (Å²) in [4.78, 5) is 14.2. The molecule has 0 aliphatic carbocycles. The first-order valence-corrected chi connectivity index (χ1v) is 5.81. The van der Waals surface area contributed by atoms with Crippen molar-refractivity contribution in [2.24, 2.45) is 5.73 Å². The fraction of sp³-hybridized carbons (Fsp3) is 0.154. The van der Waals surface area contributed by atoms with Crippen molar-refractivity contribution in [2.75, 3.05) is 5.32 Å². The zero-order chi connectivity index (χ0) is 13.7. The van der Waals surface area contributed by atoms with Crippen molar-refractivity contribution in [2.45, 2.75) is 13.1 Å². The number of nitrogens with two attached hydrogens (primary N) is 1. The minimum absolute atomic E-state index is 0.0241. The second-order valence-electron chi connectivity index (χ2n) is 4.03. The Balaban J connectivity index is 2.01. The van der Waals surface area contributed by atoms with Crippen LogP contribution in [0.25, 0.3) is 0 Å². The fourth-order valence-electron chi connectivity index (χ4n) is 1.62. The molecule has 0 bridgehead atoms. The zero-order valence-corrected chi connectivity index (χ0v) is 10.2. The van der Waals surface area contributed by atoms with Gasteiger partial charge in [0, 0.05) is 25.4 Å². The summed E-state index contributed by atoms with van der Waals surface area (Å²) in [7, 11) is 0. The molecule has 6 heteroatoms. The number of pyridine rings is 1. The van der Waals surface area contributed by atoms with E-state index in [2.05, 4.69) is 10.3 Å². The van der Waals surface area contributed by atoms with Gasteiger partial charge in [0.2, 0.25) is 0 Å². The second kappa shape index (κ2) is 5.92. The van der Waals surface area contributed by atoms with Crippen LogP contribution in [0.5, 0.6) is 0 Å². The Kier molecular flexibility index (Phi) is 4.04. The van der Waals surface area contributed by atoms with Gasteiger partial charge in [-0.05, 0) is 11.1 Å². The van der Waals surface area contributed by atoms with Crippen molar-refractivity contribution in [3.8, 4) is 0 Å². The first-order valence-electron chi connectivity index (χ1n) is 5.81. The van der Waals surface area contributed by atoms with Crippen LogP contribution in [0.2, 0.25) is 0 Å². The van der Waals surface area contributed by atoms with Crippen molar-refractivity contribution in [3.63, 3.8) is 0 Å². The zero-order valence-electron chi connectivity index (χ0n) is 10.2. The van der Waals surface area contributed by atoms with Crippen LogP contribution in [0.3, 0.4) is 0 Å². The third kappa shape index (κ3) is 3.49. The Morgan fingerprint density at radius 2 is 1.89 bits per heavy atom. The molecule has 3 N–H and O–H groups in total. The third-order valence-electron chi connectivity index (χ3n) is 2.69. The van der Waals surface area contributed by atoms with Gasteiger partial charge in [-0.2, -0.15) is 0 Å². The van der Waals surface area contributed by atoms with E-state index < -0.39 is 4.92 Å². The van der Waals surface area contributed by atoms with E-state index in [-0.39, 0.29) is 5.69 Å². The van der Waals surface area contributed by atoms with Crippen LogP contribution < -0.4 is 11.1 Å². The van der Waals surface area contributed by atoms with E-state index in [1.54, 1.807) is 0 Å². The van der Waals surface area contributed by atoms with E-state index in [4.69, 9.17) is 5.73 Å². The molecule has 0 saturated heterocycles. The number of benzene rings is 1. The maximum absolute atomic E-state index is 10.6. The van der Waals surface area contributed by atoms with Crippen LogP contribution in [-0.2, 0) is 13.1 Å². The van der Waals surface area contributed by atoms with Crippen LogP contribution in [0.15, 0.2) is 42.6 Å². The van der Waals surface area contributed by atoms with Gasteiger partial charge in [0.05, 0.1) is 11.0 Å². The lowest BCUT2D eigenvalue weighted by Crippen LogP contribution is -2.02. The van der Waals surface area contributed by atoms with E-state index in [0.717, 1.165) is 11.1 Å². The van der Waals surface area contributed by atoms with Gasteiger partial charge in [-0.1, -0.05) is 24.3 Å². The standard InChI is InChI=1S/C13H14N4O2/c14-8-10-1-3-11(4-2-10)9-16-13-7-12(17(18)19)5-6-15-13/h1-7H,8-9,14H2,(H,15,16). The molecule has 0 spiro atoms. The molecule has 98 valence electrons. The van der Waals surface area contributed by atoms with Crippen LogP contribution >= 0.6 is 0 Å². The molecule has 0 unspecified atom stereocenters. The third-order valence-corrected chi connectivity index (χ3v) is 2.69.